The van der Waals surface area contributed by atoms with Crippen molar-refractivity contribution in [3.8, 4) is 0 Å². The molecule has 1 aliphatic rings. The number of nitrogens with two attached hydrogens (primary N) is 1. The van der Waals surface area contributed by atoms with Gasteiger partial charge in [0.15, 0.2) is 0 Å². The van der Waals surface area contributed by atoms with Gasteiger partial charge in [-0.25, -0.2) is 13.1 Å². The second kappa shape index (κ2) is 7.04. The van der Waals surface area contributed by atoms with Crippen molar-refractivity contribution in [1.82, 2.24) is 9.62 Å². The van der Waals surface area contributed by atoms with E-state index >= 15 is 0 Å². The Hall–Kier alpha value is -1.70. The number of likely N-dealkylation sites (tertiary alicyclic amines) is 1. The van der Waals surface area contributed by atoms with E-state index in [-0.39, 0.29) is 23.4 Å². The first kappa shape index (κ1) is 16.7. The fourth-order valence-electron chi connectivity index (χ4n) is 2.43. The van der Waals surface area contributed by atoms with Crippen LogP contribution in [0, 0.1) is 0 Å². The van der Waals surface area contributed by atoms with Gasteiger partial charge < -0.3 is 10.6 Å². The largest absolute Gasteiger partial charge is 0.337 e. The number of nitrogens with zero attached hydrogens (tertiary/aromatic N) is 1. The van der Waals surface area contributed by atoms with Crippen LogP contribution >= 0.6 is 0 Å². The number of carbonyl (C=O) groups excluding carboxylic acids is 1. The Morgan fingerprint density at radius 3 is 2.95 bits per heavy atom. The van der Waals surface area contributed by atoms with Crippen molar-refractivity contribution in [1.29, 1.82) is 0 Å². The van der Waals surface area contributed by atoms with Gasteiger partial charge in [0.05, 0.1) is 4.90 Å². The number of amides is 1. The zero-order valence-corrected chi connectivity index (χ0v) is 13.2. The zero-order chi connectivity index (χ0) is 16.2. The Balaban J connectivity index is 2.20. The van der Waals surface area contributed by atoms with Crippen LogP contribution in [0.3, 0.4) is 0 Å². The molecule has 1 saturated heterocycles. The molecule has 6 nitrogen and oxygen atoms in total. The van der Waals surface area contributed by atoms with Crippen LogP contribution in [-0.2, 0) is 10.0 Å². The highest BCUT2D eigenvalue weighted by atomic mass is 32.2. The lowest BCUT2D eigenvalue weighted by molar-refractivity contribution is 0.0708. The lowest BCUT2D eigenvalue weighted by Crippen LogP contribution is -2.45. The van der Waals surface area contributed by atoms with E-state index < -0.39 is 10.0 Å². The van der Waals surface area contributed by atoms with E-state index in [0.29, 0.717) is 18.7 Å². The summed E-state index contributed by atoms with van der Waals surface area (Å²) in [6.45, 7) is 4.77. The Morgan fingerprint density at radius 2 is 2.27 bits per heavy atom. The predicted molar refractivity (Wildman–Crippen MR) is 84.9 cm³/mol. The second-order valence-electron chi connectivity index (χ2n) is 5.32. The quantitative estimate of drug-likeness (QED) is 0.781. The number of benzene rings is 1. The molecule has 0 radical (unpaired) electrons. The number of hydrogen-bond acceptors (Lipinski definition) is 4. The third-order valence-corrected chi connectivity index (χ3v) is 4.98. The fraction of sp³-hybridized carbons (Fsp3) is 0.400. The van der Waals surface area contributed by atoms with Crippen LogP contribution in [0.4, 0.5) is 0 Å². The normalized spacial score (nSPS) is 19.0. The first-order chi connectivity index (χ1) is 10.4. The Labute approximate surface area is 131 Å². The van der Waals surface area contributed by atoms with E-state index in [2.05, 4.69) is 11.3 Å². The van der Waals surface area contributed by atoms with Gasteiger partial charge in [0.1, 0.15) is 0 Å². The minimum absolute atomic E-state index is 0.0149. The summed E-state index contributed by atoms with van der Waals surface area (Å²) in [7, 11) is -3.64. The summed E-state index contributed by atoms with van der Waals surface area (Å²) in [5.41, 5.74) is 6.24. The lowest BCUT2D eigenvalue weighted by Gasteiger charge is -2.30. The minimum atomic E-state index is -3.64. The third kappa shape index (κ3) is 3.94. The average Bonchev–Trinajstić information content (AvgIpc) is 2.52. The van der Waals surface area contributed by atoms with Crippen molar-refractivity contribution in [2.75, 3.05) is 19.6 Å². The van der Waals surface area contributed by atoms with Crippen molar-refractivity contribution in [3.05, 3.63) is 42.5 Å². The first-order valence-electron chi connectivity index (χ1n) is 7.19. The molecule has 7 heteroatoms. The molecule has 120 valence electrons. The van der Waals surface area contributed by atoms with Crippen molar-refractivity contribution in [2.24, 2.45) is 5.73 Å². The van der Waals surface area contributed by atoms with Gasteiger partial charge in [0.25, 0.3) is 5.91 Å². The molecule has 1 aliphatic heterocycles. The number of nitrogens with one attached hydrogen (secondary N) is 1. The predicted octanol–water partition coefficient (Wildman–Crippen LogP) is 0.714. The highest BCUT2D eigenvalue weighted by Gasteiger charge is 2.23. The van der Waals surface area contributed by atoms with Crippen LogP contribution in [-0.4, -0.2) is 44.9 Å². The van der Waals surface area contributed by atoms with Crippen LogP contribution < -0.4 is 10.5 Å². The molecule has 22 heavy (non-hydrogen) atoms. The van der Waals surface area contributed by atoms with Gasteiger partial charge in [-0.05, 0) is 31.0 Å². The molecule has 1 atom stereocenters. The third-order valence-electron chi connectivity index (χ3n) is 3.55. The number of hydrogen-bond donors (Lipinski definition) is 2. The minimum Gasteiger partial charge on any atom is -0.337 e. The summed E-state index contributed by atoms with van der Waals surface area (Å²) >= 11 is 0. The molecular weight excluding hydrogens is 302 g/mol. The van der Waals surface area contributed by atoms with E-state index in [1.54, 1.807) is 17.0 Å². The van der Waals surface area contributed by atoms with E-state index in [9.17, 15) is 13.2 Å². The van der Waals surface area contributed by atoms with Crippen molar-refractivity contribution in [3.63, 3.8) is 0 Å². The average molecular weight is 323 g/mol. The van der Waals surface area contributed by atoms with E-state index in [4.69, 9.17) is 5.73 Å². The van der Waals surface area contributed by atoms with Crippen LogP contribution in [0.1, 0.15) is 23.2 Å². The molecule has 1 heterocycles. The molecular formula is C15H21N3O3S. The standard InChI is InChI=1S/C15H21N3O3S/c1-2-8-17-22(20,21)14-7-3-5-12(10-14)15(19)18-9-4-6-13(16)11-18/h2-3,5,7,10,13,17H,1,4,6,8-9,11,16H2. The molecule has 1 fully saturated rings. The van der Waals surface area contributed by atoms with Gasteiger partial charge in [-0.2, -0.15) is 0 Å². The zero-order valence-electron chi connectivity index (χ0n) is 12.4. The molecule has 2 rings (SSSR count). The van der Waals surface area contributed by atoms with Crippen LogP contribution in [0.25, 0.3) is 0 Å². The Bertz CT molecular complexity index is 658. The lowest BCUT2D eigenvalue weighted by atomic mass is 10.1. The summed E-state index contributed by atoms with van der Waals surface area (Å²) < 4.78 is 26.6. The molecule has 1 amide bonds. The van der Waals surface area contributed by atoms with Crippen LogP contribution in [0.5, 0.6) is 0 Å². The van der Waals surface area contributed by atoms with Gasteiger partial charge in [-0.3, -0.25) is 4.79 Å². The maximum atomic E-state index is 12.5. The van der Waals surface area contributed by atoms with Crippen molar-refractivity contribution in [2.45, 2.75) is 23.8 Å². The SMILES string of the molecule is C=CCNS(=O)(=O)c1cccc(C(=O)N2CCCC(N)C2)c1. The Morgan fingerprint density at radius 1 is 1.50 bits per heavy atom. The molecule has 1 aromatic carbocycles. The van der Waals surface area contributed by atoms with Crippen LogP contribution in [0.15, 0.2) is 41.8 Å². The smallest absolute Gasteiger partial charge is 0.253 e. The van der Waals surface area contributed by atoms with Gasteiger partial charge in [-0.15, -0.1) is 6.58 Å². The highest BCUT2D eigenvalue weighted by molar-refractivity contribution is 7.89. The van der Waals surface area contributed by atoms with Crippen molar-refractivity contribution >= 4 is 15.9 Å². The number of rotatable bonds is 5. The molecule has 0 saturated carbocycles. The summed E-state index contributed by atoms with van der Waals surface area (Å²) in [6, 6.07) is 6.03. The summed E-state index contributed by atoms with van der Waals surface area (Å²) in [4.78, 5) is 14.2. The second-order valence-corrected chi connectivity index (χ2v) is 7.09. The fourth-order valence-corrected chi connectivity index (χ4v) is 3.47. The molecule has 1 aromatic rings. The maximum Gasteiger partial charge on any atom is 0.253 e. The summed E-state index contributed by atoms with van der Waals surface area (Å²) in [6.07, 6.45) is 3.23. The molecule has 0 bridgehead atoms. The van der Waals surface area contributed by atoms with Gasteiger partial charge in [0, 0.05) is 31.2 Å². The number of sulfonamides is 1. The van der Waals surface area contributed by atoms with E-state index in [0.717, 1.165) is 12.8 Å². The van der Waals surface area contributed by atoms with Gasteiger partial charge >= 0.3 is 0 Å². The summed E-state index contributed by atoms with van der Waals surface area (Å²) in [5.74, 6) is -0.184. The number of carbonyl (C=O) groups is 1. The number of piperidine rings is 1. The monoisotopic (exact) mass is 323 g/mol. The molecule has 0 aromatic heterocycles. The van der Waals surface area contributed by atoms with Gasteiger partial charge in [-0.1, -0.05) is 12.1 Å². The molecule has 1 unspecified atom stereocenters. The highest BCUT2D eigenvalue weighted by Crippen LogP contribution is 2.16. The van der Waals surface area contributed by atoms with Crippen molar-refractivity contribution < 1.29 is 13.2 Å². The maximum absolute atomic E-state index is 12.5. The first-order valence-corrected chi connectivity index (χ1v) is 8.68. The van der Waals surface area contributed by atoms with Crippen LogP contribution in [0.2, 0.25) is 0 Å². The molecule has 0 spiro atoms. The van der Waals surface area contributed by atoms with Gasteiger partial charge in [0.2, 0.25) is 10.0 Å². The molecule has 0 aliphatic carbocycles. The molecule has 3 N–H and O–H groups in total. The van der Waals surface area contributed by atoms with E-state index in [1.165, 1.54) is 18.2 Å². The van der Waals surface area contributed by atoms with E-state index in [1.807, 2.05) is 0 Å². The topological polar surface area (TPSA) is 92.5 Å². The summed E-state index contributed by atoms with van der Waals surface area (Å²) in [5, 5.41) is 0. The Kier molecular flexibility index (Phi) is 5.33.